The molecule has 2 aromatic carbocycles. The summed E-state index contributed by atoms with van der Waals surface area (Å²) >= 11 is -3.72. The number of carbonyl (C=O) groups is 1. The van der Waals surface area contributed by atoms with Gasteiger partial charge in [-0.3, -0.25) is 0 Å². The van der Waals surface area contributed by atoms with E-state index in [1.165, 1.54) is 0 Å². The van der Waals surface area contributed by atoms with Gasteiger partial charge in [0.1, 0.15) is 0 Å². The van der Waals surface area contributed by atoms with Crippen molar-refractivity contribution in [1.29, 1.82) is 0 Å². The van der Waals surface area contributed by atoms with E-state index < -0.39 is 25.2 Å². The van der Waals surface area contributed by atoms with Gasteiger partial charge in [-0.2, -0.15) is 0 Å². The van der Waals surface area contributed by atoms with Gasteiger partial charge in [0, 0.05) is 0 Å². The number of rotatable bonds is 8. The molecule has 2 heterocycles. The third-order valence-corrected chi connectivity index (χ3v) is 15.8. The van der Waals surface area contributed by atoms with Crippen molar-refractivity contribution in [2.45, 2.75) is 60.9 Å². The molecule has 6 heteroatoms. The molecule has 0 amide bonds. The van der Waals surface area contributed by atoms with Gasteiger partial charge in [-0.25, -0.2) is 0 Å². The van der Waals surface area contributed by atoms with E-state index in [9.17, 15) is 4.79 Å². The third kappa shape index (κ3) is 5.19. The van der Waals surface area contributed by atoms with Gasteiger partial charge in [0.15, 0.2) is 0 Å². The minimum atomic E-state index is -3.72. The Bertz CT molecular complexity index is 1080. The molecule has 4 rings (SSSR count). The van der Waals surface area contributed by atoms with Gasteiger partial charge in [-0.15, -0.1) is 0 Å². The van der Waals surface area contributed by atoms with Gasteiger partial charge >= 0.3 is 196 Å². The topological polar surface area (TPSA) is 63.7 Å². The number of aliphatic imine (C=N–C) groups is 1. The molecule has 1 aliphatic heterocycles. The van der Waals surface area contributed by atoms with Gasteiger partial charge in [-0.05, 0) is 0 Å². The molecule has 0 radical (unpaired) electrons. The average Bonchev–Trinajstić information content (AvgIpc) is 3.24. The number of para-hydroxylation sites is 2. The first kappa shape index (κ1) is 22.9. The first-order valence-corrected chi connectivity index (χ1v) is 18.1. The van der Waals surface area contributed by atoms with Crippen LogP contribution >= 0.6 is 0 Å². The van der Waals surface area contributed by atoms with Crippen LogP contribution in [0.1, 0.15) is 50.7 Å². The number of H-pyrrole nitrogens is 1. The van der Waals surface area contributed by atoms with Crippen LogP contribution in [0.2, 0.25) is 8.87 Å². The van der Waals surface area contributed by atoms with Crippen LogP contribution in [0.15, 0.2) is 59.7 Å². The molecule has 168 valence electrons. The summed E-state index contributed by atoms with van der Waals surface area (Å²) in [5, 5.41) is 1.12. The molecular formula is C26H32N2O3Sn. The van der Waals surface area contributed by atoms with Crippen molar-refractivity contribution in [3.05, 3.63) is 65.9 Å². The minimum absolute atomic E-state index is 0.234. The van der Waals surface area contributed by atoms with Crippen LogP contribution in [0.4, 0.5) is 0 Å². The van der Waals surface area contributed by atoms with Gasteiger partial charge < -0.3 is 0 Å². The van der Waals surface area contributed by atoms with Crippen molar-refractivity contribution < 1.29 is 10.9 Å². The Morgan fingerprint density at radius 2 is 1.69 bits per heavy atom. The molecule has 32 heavy (non-hydrogen) atoms. The molecule has 1 N–H and O–H groups in total. The summed E-state index contributed by atoms with van der Waals surface area (Å²) in [6, 6.07) is 15.5. The Hall–Kier alpha value is -2.28. The molecular weight excluding hydrogens is 507 g/mol. The Morgan fingerprint density at radius 1 is 0.969 bits per heavy atom. The first-order chi connectivity index (χ1) is 15.6. The zero-order valence-corrected chi connectivity index (χ0v) is 21.8. The third-order valence-electron chi connectivity index (χ3n) is 6.08. The van der Waals surface area contributed by atoms with E-state index in [0.717, 1.165) is 62.3 Å². The van der Waals surface area contributed by atoms with E-state index in [-0.39, 0.29) is 5.97 Å². The Morgan fingerprint density at radius 3 is 2.47 bits per heavy atom. The molecule has 1 atom stereocenters. The number of fused-ring (bicyclic) bond motifs is 2. The van der Waals surface area contributed by atoms with Crippen LogP contribution in [-0.2, 0) is 14.3 Å². The van der Waals surface area contributed by atoms with Gasteiger partial charge in [0.25, 0.3) is 0 Å². The van der Waals surface area contributed by atoms with Crippen molar-refractivity contribution in [2.75, 3.05) is 0 Å². The second kappa shape index (κ2) is 10.6. The predicted octanol–water partition coefficient (Wildman–Crippen LogP) is 6.18. The molecule has 5 nitrogen and oxygen atoms in total. The number of unbranched alkanes of at least 4 members (excludes halogenated alkanes) is 2. The Balaban J connectivity index is 1.71. The zero-order chi connectivity index (χ0) is 22.4. The fraction of sp³-hybridized carbons (Fsp3) is 0.385. The summed E-state index contributed by atoms with van der Waals surface area (Å²) in [5.74, 6) is 0.571. The molecule has 1 aromatic heterocycles. The van der Waals surface area contributed by atoms with Crippen LogP contribution in [-0.4, -0.2) is 42.4 Å². The zero-order valence-electron chi connectivity index (χ0n) is 19.0. The van der Waals surface area contributed by atoms with Gasteiger partial charge in [-0.1, -0.05) is 0 Å². The van der Waals surface area contributed by atoms with E-state index in [1.54, 1.807) is 6.21 Å². The van der Waals surface area contributed by atoms with Crippen molar-refractivity contribution in [2.24, 2.45) is 4.99 Å². The summed E-state index contributed by atoms with van der Waals surface area (Å²) in [6.07, 6.45) is 8.43. The monoisotopic (exact) mass is 540 g/mol. The first-order valence-electron chi connectivity index (χ1n) is 11.7. The molecule has 0 aliphatic carbocycles. The van der Waals surface area contributed by atoms with Crippen LogP contribution in [0, 0.1) is 0 Å². The molecule has 3 aromatic rings. The second-order valence-corrected chi connectivity index (χ2v) is 17.8. The fourth-order valence-electron chi connectivity index (χ4n) is 4.25. The molecule has 0 saturated carbocycles. The molecule has 0 saturated heterocycles. The van der Waals surface area contributed by atoms with Crippen molar-refractivity contribution in [3.8, 4) is 5.75 Å². The van der Waals surface area contributed by atoms with Crippen molar-refractivity contribution >= 4 is 42.3 Å². The molecule has 1 aliphatic rings. The second-order valence-electron chi connectivity index (χ2n) is 8.54. The normalized spacial score (nSPS) is 17.7. The van der Waals surface area contributed by atoms with Gasteiger partial charge in [0.05, 0.1) is 0 Å². The maximum atomic E-state index is 13.5. The SMILES string of the molecule is CCC[CH2][Sn]1([CH2]CCC)[O]C(=O)[C@H](Cc2c[nH]c3ccccc23)N=Cc2ccccc2[O]1. The fourth-order valence-corrected chi connectivity index (χ4v) is 14.4. The van der Waals surface area contributed by atoms with Crippen molar-refractivity contribution in [1.82, 2.24) is 4.98 Å². The van der Waals surface area contributed by atoms with Crippen LogP contribution in [0.3, 0.4) is 0 Å². The summed E-state index contributed by atoms with van der Waals surface area (Å²) < 4.78 is 14.9. The Labute approximate surface area is 195 Å². The van der Waals surface area contributed by atoms with Crippen LogP contribution in [0.25, 0.3) is 10.9 Å². The van der Waals surface area contributed by atoms with E-state index >= 15 is 0 Å². The quantitative estimate of drug-likeness (QED) is 0.348. The number of aromatic amines is 1. The van der Waals surface area contributed by atoms with Crippen LogP contribution in [0.5, 0.6) is 5.75 Å². The standard InChI is InChI=1S/C18H16N2O3.2C4H9.Sn/c21-17-8-4-1-5-12(17)10-20-16(18(22)23)9-13-11-19-15-7-3-2-6-14(13)15;2*1-3-4-2;/h1-8,10-11,16,19,21H,9H2,(H,22,23);2*1,3-4H2,2H3;/q;;;+2/p-2/t16-;;;/m0.../s1. The van der Waals surface area contributed by atoms with E-state index in [2.05, 4.69) is 24.9 Å². The molecule has 0 unspecified atom stereocenters. The average molecular weight is 539 g/mol. The summed E-state index contributed by atoms with van der Waals surface area (Å²) in [4.78, 5) is 21.5. The van der Waals surface area contributed by atoms with Gasteiger partial charge in [0.2, 0.25) is 0 Å². The van der Waals surface area contributed by atoms with E-state index in [4.69, 9.17) is 11.1 Å². The number of hydrogen-bond donors (Lipinski definition) is 1. The number of nitrogens with one attached hydrogen (secondary N) is 1. The number of hydrogen-bond acceptors (Lipinski definition) is 4. The summed E-state index contributed by atoms with van der Waals surface area (Å²) in [7, 11) is 0. The number of carbonyl (C=O) groups excluding carboxylic acids is 1. The van der Waals surface area contributed by atoms with Crippen molar-refractivity contribution in [3.63, 3.8) is 0 Å². The summed E-state index contributed by atoms with van der Waals surface area (Å²) in [6.45, 7) is 4.35. The number of aromatic nitrogens is 1. The Kier molecular flexibility index (Phi) is 7.55. The predicted molar refractivity (Wildman–Crippen MR) is 132 cm³/mol. The molecule has 0 bridgehead atoms. The number of benzene rings is 2. The molecule has 0 spiro atoms. The molecule has 0 fully saturated rings. The van der Waals surface area contributed by atoms with Crippen LogP contribution < -0.4 is 3.07 Å². The van der Waals surface area contributed by atoms with E-state index in [1.807, 2.05) is 48.7 Å². The maximum absolute atomic E-state index is 13.5. The van der Waals surface area contributed by atoms with E-state index in [0.29, 0.717) is 6.42 Å². The summed E-state index contributed by atoms with van der Waals surface area (Å²) in [5.41, 5.74) is 3.07. The number of nitrogens with zero attached hydrogens (tertiary/aromatic N) is 1.